The molecule has 51 heavy (non-hydrogen) atoms. The van der Waals surface area contributed by atoms with Gasteiger partial charge in [-0.1, -0.05) is 24.3 Å². The Morgan fingerprint density at radius 1 is 0.725 bits per heavy atom. The van der Waals surface area contributed by atoms with Crippen LogP contribution in [0.2, 0.25) is 0 Å². The molecule has 3 heterocycles. The van der Waals surface area contributed by atoms with E-state index in [1.807, 2.05) is 18.2 Å². The minimum Gasteiger partial charge on any atom is -0.473 e. The topological polar surface area (TPSA) is 280 Å². The number of para-hydroxylation sites is 2. The number of aromatic nitrogens is 4. The Kier molecular flexibility index (Phi) is 16.6. The van der Waals surface area contributed by atoms with E-state index in [1.54, 1.807) is 18.5 Å². The molecule has 0 unspecified atom stereocenters. The fourth-order valence-corrected chi connectivity index (χ4v) is 4.53. The molecule has 0 radical (unpaired) electrons. The van der Waals surface area contributed by atoms with E-state index in [-0.39, 0.29) is 5.82 Å². The number of imidazole rings is 1. The number of ether oxygens (including phenoxy) is 1. The molecule has 2 aromatic heterocycles. The molecule has 1 saturated heterocycles. The van der Waals surface area contributed by atoms with Gasteiger partial charge in [-0.3, -0.25) is 4.90 Å². The van der Waals surface area contributed by atoms with Gasteiger partial charge in [0.2, 0.25) is 0 Å². The number of aliphatic carboxylic acids is 6. The number of rotatable bonds is 8. The van der Waals surface area contributed by atoms with E-state index in [2.05, 4.69) is 37.6 Å². The number of benzene rings is 2. The zero-order valence-electron chi connectivity index (χ0n) is 26.7. The van der Waals surface area contributed by atoms with Crippen LogP contribution in [-0.4, -0.2) is 117 Å². The summed E-state index contributed by atoms with van der Waals surface area (Å²) in [6, 6.07) is 17.3. The van der Waals surface area contributed by atoms with Gasteiger partial charge in [-0.2, -0.15) is 0 Å². The minimum absolute atomic E-state index is 0.206. The Morgan fingerprint density at radius 3 is 1.75 bits per heavy atom. The molecule has 4 aromatic rings. The lowest BCUT2D eigenvalue weighted by molar-refractivity contribution is -0.159. The smallest absolute Gasteiger partial charge is 0.414 e. The average Bonchev–Trinajstić information content (AvgIpc) is 3.44. The maximum atomic E-state index is 13.4. The van der Waals surface area contributed by atoms with Gasteiger partial charge in [0.1, 0.15) is 18.2 Å². The van der Waals surface area contributed by atoms with Gasteiger partial charge in [0.05, 0.1) is 11.0 Å². The number of nitrogens with zero attached hydrogens (tertiary/aromatic N) is 5. The van der Waals surface area contributed by atoms with Gasteiger partial charge >= 0.3 is 41.8 Å². The van der Waals surface area contributed by atoms with E-state index in [0.717, 1.165) is 61.3 Å². The van der Waals surface area contributed by atoms with E-state index >= 15 is 0 Å². The molecule has 5 rings (SSSR count). The van der Waals surface area contributed by atoms with E-state index in [1.165, 1.54) is 12.1 Å². The molecule has 6 N–H and O–H groups in total. The summed E-state index contributed by atoms with van der Waals surface area (Å²) in [4.78, 5) is 70.2. The van der Waals surface area contributed by atoms with Crippen LogP contribution in [0.4, 0.5) is 4.39 Å². The van der Waals surface area contributed by atoms with Crippen molar-refractivity contribution in [2.75, 3.05) is 26.2 Å². The van der Waals surface area contributed by atoms with Crippen LogP contribution in [-0.2, 0) is 41.7 Å². The van der Waals surface area contributed by atoms with Crippen molar-refractivity contribution in [3.05, 3.63) is 84.2 Å². The standard InChI is InChI=1S/C26H28FN5O.3C2H2O4/c27-22-8-6-21(7-9-22)19-32-24-5-2-1-4-23(24)30-25(32)18-20-10-14-31(15-11-20)16-17-33-26-28-12-3-13-29-26;3*3-1(4)2(5)6/h1-9,12-13,20H,10-11,14-19H2;3*(H,3,4)(H,5,6). The van der Waals surface area contributed by atoms with Crippen molar-refractivity contribution in [2.45, 2.75) is 25.8 Å². The van der Waals surface area contributed by atoms with Crippen molar-refractivity contribution in [1.29, 1.82) is 0 Å². The van der Waals surface area contributed by atoms with Crippen LogP contribution in [0.25, 0.3) is 11.0 Å². The number of fused-ring (bicyclic) bond motifs is 1. The summed E-state index contributed by atoms with van der Waals surface area (Å²) in [5.74, 6) is -9.44. The number of halogens is 1. The lowest BCUT2D eigenvalue weighted by Gasteiger charge is -2.31. The van der Waals surface area contributed by atoms with Crippen LogP contribution >= 0.6 is 0 Å². The van der Waals surface area contributed by atoms with E-state index < -0.39 is 35.8 Å². The van der Waals surface area contributed by atoms with E-state index in [0.29, 0.717) is 25.1 Å². The second-order valence-corrected chi connectivity index (χ2v) is 10.4. The van der Waals surface area contributed by atoms with Crippen LogP contribution < -0.4 is 4.74 Å². The van der Waals surface area contributed by atoms with E-state index in [9.17, 15) is 4.39 Å². The summed E-state index contributed by atoms with van der Waals surface area (Å²) in [5, 5.41) is 44.3. The van der Waals surface area contributed by atoms with Crippen molar-refractivity contribution in [2.24, 2.45) is 5.92 Å². The third kappa shape index (κ3) is 15.1. The van der Waals surface area contributed by atoms with Crippen LogP contribution in [0.5, 0.6) is 6.01 Å². The third-order valence-electron chi connectivity index (χ3n) is 6.90. The van der Waals surface area contributed by atoms with Crippen molar-refractivity contribution in [3.63, 3.8) is 0 Å². The minimum atomic E-state index is -1.82. The van der Waals surface area contributed by atoms with Gasteiger partial charge < -0.3 is 39.9 Å². The van der Waals surface area contributed by atoms with Crippen LogP contribution in [0, 0.1) is 11.7 Å². The molecule has 1 aliphatic heterocycles. The summed E-state index contributed by atoms with van der Waals surface area (Å²) in [5.41, 5.74) is 3.24. The molecule has 19 heteroatoms. The molecule has 0 spiro atoms. The number of carboxylic acid groups (broad SMARTS) is 6. The predicted octanol–water partition coefficient (Wildman–Crippen LogP) is 1.81. The molecule has 0 aliphatic carbocycles. The lowest BCUT2D eigenvalue weighted by atomic mass is 9.93. The molecular formula is C32H34FN5O13. The monoisotopic (exact) mass is 715 g/mol. The molecule has 0 atom stereocenters. The first kappa shape index (κ1) is 40.7. The van der Waals surface area contributed by atoms with Crippen molar-refractivity contribution < 1.29 is 68.5 Å². The Morgan fingerprint density at radius 2 is 1.24 bits per heavy atom. The first-order valence-electron chi connectivity index (χ1n) is 14.9. The zero-order valence-corrected chi connectivity index (χ0v) is 26.7. The summed E-state index contributed by atoms with van der Waals surface area (Å²) >= 11 is 0. The number of hydrogen-bond acceptors (Lipinski definition) is 11. The zero-order chi connectivity index (χ0) is 37.9. The van der Waals surface area contributed by atoms with E-state index in [4.69, 9.17) is 69.1 Å². The fourth-order valence-electron chi connectivity index (χ4n) is 4.53. The van der Waals surface area contributed by atoms with Crippen molar-refractivity contribution >= 4 is 46.8 Å². The molecular weight excluding hydrogens is 681 g/mol. The highest BCUT2D eigenvalue weighted by molar-refractivity contribution is 6.28. The van der Waals surface area contributed by atoms with Crippen LogP contribution in [0.15, 0.2) is 67.0 Å². The van der Waals surface area contributed by atoms with Crippen molar-refractivity contribution in [3.8, 4) is 6.01 Å². The normalized spacial score (nSPS) is 12.4. The second-order valence-electron chi connectivity index (χ2n) is 10.4. The maximum absolute atomic E-state index is 13.4. The fraction of sp³-hybridized carbons (Fsp3) is 0.281. The molecule has 18 nitrogen and oxygen atoms in total. The Labute approximate surface area is 288 Å². The molecule has 0 saturated carbocycles. The van der Waals surface area contributed by atoms with Crippen molar-refractivity contribution in [1.82, 2.24) is 24.4 Å². The summed E-state index contributed by atoms with van der Waals surface area (Å²) in [6.07, 6.45) is 6.62. The molecule has 1 aliphatic rings. The third-order valence-corrected chi connectivity index (χ3v) is 6.90. The Bertz CT molecular complexity index is 1680. The molecule has 0 bridgehead atoms. The quantitative estimate of drug-likeness (QED) is 0.142. The van der Waals surface area contributed by atoms with Gasteiger partial charge in [0.15, 0.2) is 0 Å². The summed E-state index contributed by atoms with van der Waals surface area (Å²) in [7, 11) is 0. The first-order valence-corrected chi connectivity index (χ1v) is 14.9. The molecule has 2 aromatic carbocycles. The largest absolute Gasteiger partial charge is 0.473 e. The molecule has 0 amide bonds. The highest BCUT2D eigenvalue weighted by Crippen LogP contribution is 2.25. The lowest BCUT2D eigenvalue weighted by Crippen LogP contribution is -2.37. The van der Waals surface area contributed by atoms with Gasteiger partial charge in [-0.25, -0.2) is 48.1 Å². The summed E-state index contributed by atoms with van der Waals surface area (Å²) < 4.78 is 21.3. The number of carboxylic acids is 6. The summed E-state index contributed by atoms with van der Waals surface area (Å²) in [6.45, 7) is 4.30. The number of hydrogen-bond donors (Lipinski definition) is 6. The number of carbonyl (C=O) groups is 6. The van der Waals surface area contributed by atoms with Gasteiger partial charge in [0, 0.05) is 31.9 Å². The molecule has 272 valence electrons. The highest BCUT2D eigenvalue weighted by atomic mass is 19.1. The number of likely N-dealkylation sites (tertiary alicyclic amines) is 1. The van der Waals surface area contributed by atoms with Gasteiger partial charge in [-0.05, 0) is 67.7 Å². The Balaban J connectivity index is 0.000000414. The van der Waals surface area contributed by atoms with Crippen LogP contribution in [0.1, 0.15) is 24.2 Å². The van der Waals surface area contributed by atoms with Gasteiger partial charge in [0.25, 0.3) is 0 Å². The average molecular weight is 716 g/mol. The first-order chi connectivity index (χ1) is 24.2. The Hall–Kier alpha value is -6.50. The predicted molar refractivity (Wildman–Crippen MR) is 171 cm³/mol. The SMILES string of the molecule is Fc1ccc(Cn2c(CC3CCN(CCOc4ncccn4)CC3)nc3ccccc32)cc1.O=C(O)C(=O)O.O=C(O)C(=O)O.O=C(O)C(=O)O. The number of piperidine rings is 1. The van der Waals surface area contributed by atoms with Gasteiger partial charge in [-0.15, -0.1) is 0 Å². The highest BCUT2D eigenvalue weighted by Gasteiger charge is 2.22. The second kappa shape index (κ2) is 20.8. The van der Waals surface area contributed by atoms with Crippen LogP contribution in [0.3, 0.4) is 0 Å². The maximum Gasteiger partial charge on any atom is 0.414 e. The molecule has 1 fully saturated rings.